The summed E-state index contributed by atoms with van der Waals surface area (Å²) in [6.07, 6.45) is 1.32. The SMILES string of the molecule is COC(C)CCC(=O)Nc1cc(Br)ccc1C. The first kappa shape index (κ1) is 14.2. The summed E-state index contributed by atoms with van der Waals surface area (Å²) in [6, 6.07) is 5.84. The first-order valence-electron chi connectivity index (χ1n) is 5.61. The quantitative estimate of drug-likeness (QED) is 0.903. The van der Waals surface area contributed by atoms with Crippen LogP contribution < -0.4 is 5.32 Å². The van der Waals surface area contributed by atoms with Gasteiger partial charge in [-0.25, -0.2) is 0 Å². The molecule has 3 nitrogen and oxygen atoms in total. The number of benzene rings is 1. The highest BCUT2D eigenvalue weighted by atomic mass is 79.9. The number of halogens is 1. The zero-order valence-electron chi connectivity index (χ0n) is 10.4. The van der Waals surface area contributed by atoms with Crippen LogP contribution in [0.5, 0.6) is 0 Å². The van der Waals surface area contributed by atoms with Gasteiger partial charge in [0, 0.05) is 23.7 Å². The first-order chi connectivity index (χ1) is 8.02. The molecule has 1 rings (SSSR count). The number of carbonyl (C=O) groups excluding carboxylic acids is 1. The number of nitrogens with one attached hydrogen (secondary N) is 1. The van der Waals surface area contributed by atoms with Gasteiger partial charge in [0.25, 0.3) is 0 Å². The van der Waals surface area contributed by atoms with E-state index in [9.17, 15) is 4.79 Å². The highest BCUT2D eigenvalue weighted by molar-refractivity contribution is 9.10. The van der Waals surface area contributed by atoms with Crippen molar-refractivity contribution in [2.24, 2.45) is 0 Å². The predicted octanol–water partition coefficient (Wildman–Crippen LogP) is 3.51. The molecule has 0 spiro atoms. The molecule has 17 heavy (non-hydrogen) atoms. The van der Waals surface area contributed by atoms with Crippen LogP contribution in [0.3, 0.4) is 0 Å². The van der Waals surface area contributed by atoms with E-state index < -0.39 is 0 Å². The van der Waals surface area contributed by atoms with Crippen LogP contribution in [-0.4, -0.2) is 19.1 Å². The molecule has 0 saturated heterocycles. The molecule has 0 saturated carbocycles. The smallest absolute Gasteiger partial charge is 0.224 e. The third-order valence-electron chi connectivity index (χ3n) is 2.65. The van der Waals surface area contributed by atoms with Gasteiger partial charge in [0.2, 0.25) is 5.91 Å². The Morgan fingerprint density at radius 2 is 2.24 bits per heavy atom. The molecule has 0 radical (unpaired) electrons. The predicted molar refractivity (Wildman–Crippen MR) is 73.2 cm³/mol. The lowest BCUT2D eigenvalue weighted by atomic mass is 10.1. The molecule has 0 aliphatic carbocycles. The van der Waals surface area contributed by atoms with E-state index in [0.29, 0.717) is 6.42 Å². The minimum Gasteiger partial charge on any atom is -0.382 e. The van der Waals surface area contributed by atoms with Gasteiger partial charge in [0.05, 0.1) is 6.10 Å². The molecule has 0 aromatic heterocycles. The van der Waals surface area contributed by atoms with E-state index in [0.717, 1.165) is 22.1 Å². The molecule has 0 aliphatic heterocycles. The summed E-state index contributed by atoms with van der Waals surface area (Å²) in [5.41, 5.74) is 1.91. The molecule has 4 heteroatoms. The van der Waals surface area contributed by atoms with Crippen LogP contribution in [0.4, 0.5) is 5.69 Å². The zero-order chi connectivity index (χ0) is 12.8. The van der Waals surface area contributed by atoms with E-state index in [-0.39, 0.29) is 12.0 Å². The van der Waals surface area contributed by atoms with Gasteiger partial charge in [-0.3, -0.25) is 4.79 Å². The first-order valence-corrected chi connectivity index (χ1v) is 6.41. The van der Waals surface area contributed by atoms with Crippen LogP contribution in [-0.2, 0) is 9.53 Å². The molecule has 0 aliphatic rings. The third kappa shape index (κ3) is 4.88. The number of methoxy groups -OCH3 is 1. The van der Waals surface area contributed by atoms with Crippen molar-refractivity contribution in [2.75, 3.05) is 12.4 Å². The van der Waals surface area contributed by atoms with Crippen molar-refractivity contribution in [3.63, 3.8) is 0 Å². The molecule has 1 amide bonds. The molecular formula is C13H18BrNO2. The third-order valence-corrected chi connectivity index (χ3v) is 3.15. The Bertz CT molecular complexity index is 393. The van der Waals surface area contributed by atoms with Crippen molar-refractivity contribution in [1.82, 2.24) is 0 Å². The fourth-order valence-electron chi connectivity index (χ4n) is 1.39. The molecule has 1 aromatic carbocycles. The lowest BCUT2D eigenvalue weighted by Gasteiger charge is -2.11. The lowest BCUT2D eigenvalue weighted by Crippen LogP contribution is -2.15. The average Bonchev–Trinajstić information content (AvgIpc) is 2.30. The average molecular weight is 300 g/mol. The van der Waals surface area contributed by atoms with Gasteiger partial charge < -0.3 is 10.1 Å². The standard InChI is InChI=1S/C13H18BrNO2/c1-9-4-6-11(14)8-12(9)15-13(16)7-5-10(2)17-3/h4,6,8,10H,5,7H2,1-3H3,(H,15,16). The van der Waals surface area contributed by atoms with Crippen LogP contribution in [0.1, 0.15) is 25.3 Å². The van der Waals surface area contributed by atoms with Crippen molar-refractivity contribution in [3.05, 3.63) is 28.2 Å². The fraction of sp³-hybridized carbons (Fsp3) is 0.462. The summed E-state index contributed by atoms with van der Waals surface area (Å²) in [6.45, 7) is 3.93. The number of aryl methyl sites for hydroxylation is 1. The van der Waals surface area contributed by atoms with Gasteiger partial charge in [0.1, 0.15) is 0 Å². The number of hydrogen-bond acceptors (Lipinski definition) is 2. The van der Waals surface area contributed by atoms with E-state index in [4.69, 9.17) is 4.74 Å². The number of ether oxygens (including phenoxy) is 1. The van der Waals surface area contributed by atoms with E-state index >= 15 is 0 Å². The molecule has 1 N–H and O–H groups in total. The molecule has 94 valence electrons. The topological polar surface area (TPSA) is 38.3 Å². The van der Waals surface area contributed by atoms with Crippen LogP contribution in [0, 0.1) is 6.92 Å². The van der Waals surface area contributed by atoms with Crippen molar-refractivity contribution in [1.29, 1.82) is 0 Å². The minimum atomic E-state index is 0.0232. The Hall–Kier alpha value is -0.870. The monoisotopic (exact) mass is 299 g/mol. The second-order valence-electron chi connectivity index (χ2n) is 4.09. The van der Waals surface area contributed by atoms with Gasteiger partial charge in [-0.2, -0.15) is 0 Å². The number of amides is 1. The summed E-state index contributed by atoms with van der Waals surface area (Å²) in [7, 11) is 1.65. The van der Waals surface area contributed by atoms with Crippen molar-refractivity contribution in [3.8, 4) is 0 Å². The van der Waals surface area contributed by atoms with Gasteiger partial charge in [-0.05, 0) is 38.0 Å². The van der Waals surface area contributed by atoms with Crippen molar-refractivity contribution < 1.29 is 9.53 Å². The van der Waals surface area contributed by atoms with Crippen LogP contribution >= 0.6 is 15.9 Å². The maximum atomic E-state index is 11.7. The van der Waals surface area contributed by atoms with Crippen molar-refractivity contribution >= 4 is 27.5 Å². The molecule has 1 unspecified atom stereocenters. The highest BCUT2D eigenvalue weighted by Crippen LogP contribution is 2.20. The number of anilines is 1. The Kier molecular flexibility index (Phi) is 5.65. The number of rotatable bonds is 5. The molecule has 0 bridgehead atoms. The Morgan fingerprint density at radius 1 is 1.53 bits per heavy atom. The molecular weight excluding hydrogens is 282 g/mol. The minimum absolute atomic E-state index is 0.0232. The molecule has 0 fully saturated rings. The molecule has 1 atom stereocenters. The summed E-state index contributed by atoms with van der Waals surface area (Å²) < 4.78 is 6.07. The fourth-order valence-corrected chi connectivity index (χ4v) is 1.75. The Balaban J connectivity index is 2.53. The second-order valence-corrected chi connectivity index (χ2v) is 5.01. The van der Waals surface area contributed by atoms with E-state index in [1.807, 2.05) is 32.0 Å². The summed E-state index contributed by atoms with van der Waals surface area (Å²) in [5.74, 6) is 0.0232. The van der Waals surface area contributed by atoms with Gasteiger partial charge in [0.15, 0.2) is 0 Å². The van der Waals surface area contributed by atoms with Crippen LogP contribution in [0.15, 0.2) is 22.7 Å². The highest BCUT2D eigenvalue weighted by Gasteiger charge is 2.07. The van der Waals surface area contributed by atoms with Gasteiger partial charge in [-0.1, -0.05) is 22.0 Å². The summed E-state index contributed by atoms with van der Waals surface area (Å²) in [4.78, 5) is 11.7. The summed E-state index contributed by atoms with van der Waals surface area (Å²) >= 11 is 3.39. The molecule has 0 heterocycles. The largest absolute Gasteiger partial charge is 0.382 e. The number of hydrogen-bond donors (Lipinski definition) is 1. The lowest BCUT2D eigenvalue weighted by molar-refractivity contribution is -0.116. The molecule has 1 aromatic rings. The van der Waals surface area contributed by atoms with E-state index in [1.165, 1.54) is 0 Å². The Labute approximate surface area is 111 Å². The Morgan fingerprint density at radius 3 is 2.88 bits per heavy atom. The number of carbonyl (C=O) groups is 1. The normalized spacial score (nSPS) is 12.2. The van der Waals surface area contributed by atoms with Crippen LogP contribution in [0.25, 0.3) is 0 Å². The van der Waals surface area contributed by atoms with E-state index in [1.54, 1.807) is 7.11 Å². The zero-order valence-corrected chi connectivity index (χ0v) is 12.0. The summed E-state index contributed by atoms with van der Waals surface area (Å²) in [5, 5.41) is 2.91. The van der Waals surface area contributed by atoms with Crippen LogP contribution in [0.2, 0.25) is 0 Å². The second kappa shape index (κ2) is 6.77. The van der Waals surface area contributed by atoms with Gasteiger partial charge in [-0.15, -0.1) is 0 Å². The van der Waals surface area contributed by atoms with Gasteiger partial charge >= 0.3 is 0 Å². The maximum absolute atomic E-state index is 11.7. The maximum Gasteiger partial charge on any atom is 0.224 e. The van der Waals surface area contributed by atoms with E-state index in [2.05, 4.69) is 21.2 Å². The van der Waals surface area contributed by atoms with Crippen molar-refractivity contribution in [2.45, 2.75) is 32.8 Å².